The van der Waals surface area contributed by atoms with Crippen molar-refractivity contribution in [3.63, 3.8) is 0 Å². The van der Waals surface area contributed by atoms with Crippen LogP contribution in [0.25, 0.3) is 0 Å². The van der Waals surface area contributed by atoms with Crippen molar-refractivity contribution in [2.75, 3.05) is 46.3 Å². The molecule has 0 aromatic rings. The fourth-order valence-corrected chi connectivity index (χ4v) is 3.66. The Morgan fingerprint density at radius 3 is 2.72 bits per heavy atom. The average molecular weight is 253 g/mol. The number of hydrogen-bond donors (Lipinski definition) is 1. The van der Waals surface area contributed by atoms with Gasteiger partial charge < -0.3 is 10.2 Å². The van der Waals surface area contributed by atoms with Gasteiger partial charge in [0.05, 0.1) is 0 Å². The molecule has 0 saturated carbocycles. The second-order valence-electron chi connectivity index (χ2n) is 6.43. The fraction of sp³-hybridized carbons (Fsp3) is 1.00. The van der Waals surface area contributed by atoms with Crippen LogP contribution in [0.4, 0.5) is 0 Å². The number of hydrogen-bond acceptors (Lipinski definition) is 3. The highest BCUT2D eigenvalue weighted by Gasteiger charge is 2.35. The summed E-state index contributed by atoms with van der Waals surface area (Å²) in [6.45, 7) is 12.3. The van der Waals surface area contributed by atoms with Crippen molar-refractivity contribution in [2.45, 2.75) is 45.6 Å². The molecule has 106 valence electrons. The Morgan fingerprint density at radius 2 is 2.11 bits per heavy atom. The maximum Gasteiger partial charge on any atom is 0.0220 e. The van der Waals surface area contributed by atoms with Crippen LogP contribution in [0, 0.1) is 5.41 Å². The second kappa shape index (κ2) is 6.36. The predicted octanol–water partition coefficient (Wildman–Crippen LogP) is 1.79. The molecule has 1 N–H and O–H groups in total. The molecule has 0 aromatic carbocycles. The Hall–Kier alpha value is -0.120. The molecule has 0 aromatic heterocycles. The van der Waals surface area contributed by atoms with Crippen molar-refractivity contribution < 1.29 is 0 Å². The number of likely N-dealkylation sites (N-methyl/N-ethyl adjacent to an activating group) is 1. The van der Waals surface area contributed by atoms with Gasteiger partial charge in [-0.2, -0.15) is 0 Å². The van der Waals surface area contributed by atoms with Crippen molar-refractivity contribution in [1.82, 2.24) is 15.1 Å². The van der Waals surface area contributed by atoms with Crippen LogP contribution in [0.3, 0.4) is 0 Å². The standard InChI is InChI=1S/C15H31N3/c1-4-14-11-17(3)9-6-10-18(14)13-15(5-2)7-8-16-12-15/h14,16H,4-13H2,1-3H3. The molecule has 2 rings (SSSR count). The SMILES string of the molecule is CCC1CN(C)CCCN1CC1(CC)CCNC1. The third-order valence-electron chi connectivity index (χ3n) is 5.12. The van der Waals surface area contributed by atoms with Crippen molar-refractivity contribution >= 4 is 0 Å². The summed E-state index contributed by atoms with van der Waals surface area (Å²) in [4.78, 5) is 5.31. The molecule has 2 heterocycles. The lowest BCUT2D eigenvalue weighted by molar-refractivity contribution is 0.111. The van der Waals surface area contributed by atoms with Gasteiger partial charge in [-0.25, -0.2) is 0 Å². The highest BCUT2D eigenvalue weighted by Crippen LogP contribution is 2.31. The van der Waals surface area contributed by atoms with Gasteiger partial charge in [-0.3, -0.25) is 4.90 Å². The Balaban J connectivity index is 2.00. The average Bonchev–Trinajstić information content (AvgIpc) is 2.76. The van der Waals surface area contributed by atoms with Crippen LogP contribution in [0.1, 0.15) is 39.5 Å². The van der Waals surface area contributed by atoms with Crippen molar-refractivity contribution in [2.24, 2.45) is 5.41 Å². The van der Waals surface area contributed by atoms with Crippen LogP contribution in [-0.2, 0) is 0 Å². The number of rotatable bonds is 4. The summed E-state index contributed by atoms with van der Waals surface area (Å²) >= 11 is 0. The van der Waals surface area contributed by atoms with E-state index in [1.165, 1.54) is 65.0 Å². The van der Waals surface area contributed by atoms with Gasteiger partial charge in [0.25, 0.3) is 0 Å². The van der Waals surface area contributed by atoms with E-state index in [2.05, 4.69) is 36.0 Å². The molecule has 2 atom stereocenters. The van der Waals surface area contributed by atoms with E-state index in [1.54, 1.807) is 0 Å². The lowest BCUT2D eigenvalue weighted by atomic mass is 9.83. The van der Waals surface area contributed by atoms with E-state index in [-0.39, 0.29) is 0 Å². The van der Waals surface area contributed by atoms with Gasteiger partial charge >= 0.3 is 0 Å². The van der Waals surface area contributed by atoms with E-state index in [4.69, 9.17) is 0 Å². The van der Waals surface area contributed by atoms with Crippen LogP contribution in [0.5, 0.6) is 0 Å². The maximum absolute atomic E-state index is 3.57. The molecule has 18 heavy (non-hydrogen) atoms. The first-order valence-corrected chi connectivity index (χ1v) is 7.82. The summed E-state index contributed by atoms with van der Waals surface area (Å²) in [7, 11) is 2.28. The summed E-state index contributed by atoms with van der Waals surface area (Å²) in [5, 5.41) is 3.57. The Bertz CT molecular complexity index is 248. The van der Waals surface area contributed by atoms with Gasteiger partial charge in [0.15, 0.2) is 0 Å². The molecule has 2 aliphatic heterocycles. The lowest BCUT2D eigenvalue weighted by Crippen LogP contribution is -2.46. The third-order valence-corrected chi connectivity index (χ3v) is 5.12. The van der Waals surface area contributed by atoms with Crippen LogP contribution >= 0.6 is 0 Å². The molecular formula is C15H31N3. The van der Waals surface area contributed by atoms with Gasteiger partial charge in [-0.05, 0) is 57.8 Å². The van der Waals surface area contributed by atoms with Crippen LogP contribution in [0.2, 0.25) is 0 Å². The largest absolute Gasteiger partial charge is 0.316 e. The fourth-order valence-electron chi connectivity index (χ4n) is 3.66. The van der Waals surface area contributed by atoms with Gasteiger partial charge in [-0.1, -0.05) is 13.8 Å². The summed E-state index contributed by atoms with van der Waals surface area (Å²) < 4.78 is 0. The van der Waals surface area contributed by atoms with Crippen molar-refractivity contribution in [1.29, 1.82) is 0 Å². The first-order valence-electron chi connectivity index (χ1n) is 7.82. The minimum absolute atomic E-state index is 0.552. The minimum atomic E-state index is 0.552. The van der Waals surface area contributed by atoms with Gasteiger partial charge in [0, 0.05) is 25.7 Å². The zero-order valence-corrected chi connectivity index (χ0v) is 12.5. The van der Waals surface area contributed by atoms with Gasteiger partial charge in [-0.15, -0.1) is 0 Å². The Morgan fingerprint density at radius 1 is 1.28 bits per heavy atom. The summed E-state index contributed by atoms with van der Waals surface area (Å²) in [5.41, 5.74) is 0.552. The van der Waals surface area contributed by atoms with E-state index in [9.17, 15) is 0 Å². The first-order chi connectivity index (χ1) is 8.69. The molecule has 3 heteroatoms. The van der Waals surface area contributed by atoms with Gasteiger partial charge in [0.2, 0.25) is 0 Å². The maximum atomic E-state index is 3.57. The van der Waals surface area contributed by atoms with Crippen LogP contribution in [-0.4, -0.2) is 62.2 Å². The molecule has 3 nitrogen and oxygen atoms in total. The molecule has 0 spiro atoms. The van der Waals surface area contributed by atoms with E-state index in [0.29, 0.717) is 5.41 Å². The summed E-state index contributed by atoms with van der Waals surface area (Å²) in [6.07, 6.45) is 5.31. The molecule has 0 radical (unpaired) electrons. The molecule has 2 saturated heterocycles. The number of nitrogens with zero attached hydrogens (tertiary/aromatic N) is 2. The Kier molecular flexibility index (Phi) is 5.05. The quantitative estimate of drug-likeness (QED) is 0.824. The molecule has 0 bridgehead atoms. The van der Waals surface area contributed by atoms with Crippen molar-refractivity contribution in [3.8, 4) is 0 Å². The predicted molar refractivity (Wildman–Crippen MR) is 78.0 cm³/mol. The highest BCUT2D eigenvalue weighted by atomic mass is 15.2. The molecule has 0 aliphatic carbocycles. The second-order valence-corrected chi connectivity index (χ2v) is 6.43. The van der Waals surface area contributed by atoms with E-state index in [0.717, 1.165) is 6.04 Å². The molecular weight excluding hydrogens is 222 g/mol. The zero-order chi connectivity index (χ0) is 13.0. The highest BCUT2D eigenvalue weighted by molar-refractivity contribution is 4.91. The monoisotopic (exact) mass is 253 g/mol. The van der Waals surface area contributed by atoms with Crippen LogP contribution < -0.4 is 5.32 Å². The normalized spacial score (nSPS) is 35.8. The molecule has 2 fully saturated rings. The topological polar surface area (TPSA) is 18.5 Å². The lowest BCUT2D eigenvalue weighted by Gasteiger charge is -2.38. The summed E-state index contributed by atoms with van der Waals surface area (Å²) in [6, 6.07) is 0.765. The molecule has 0 amide bonds. The van der Waals surface area contributed by atoms with E-state index >= 15 is 0 Å². The molecule has 2 aliphatic rings. The summed E-state index contributed by atoms with van der Waals surface area (Å²) in [5.74, 6) is 0. The minimum Gasteiger partial charge on any atom is -0.316 e. The van der Waals surface area contributed by atoms with Crippen LogP contribution in [0.15, 0.2) is 0 Å². The smallest absolute Gasteiger partial charge is 0.0220 e. The third kappa shape index (κ3) is 3.25. The van der Waals surface area contributed by atoms with E-state index in [1.807, 2.05) is 0 Å². The van der Waals surface area contributed by atoms with E-state index < -0.39 is 0 Å². The van der Waals surface area contributed by atoms with Crippen molar-refractivity contribution in [3.05, 3.63) is 0 Å². The Labute approximate surface area is 113 Å². The number of nitrogens with one attached hydrogen (secondary N) is 1. The zero-order valence-electron chi connectivity index (χ0n) is 12.5. The van der Waals surface area contributed by atoms with Gasteiger partial charge in [0.1, 0.15) is 0 Å². The first kappa shape index (κ1) is 14.3. The molecule has 2 unspecified atom stereocenters.